The van der Waals surface area contributed by atoms with E-state index in [1.54, 1.807) is 12.1 Å². The summed E-state index contributed by atoms with van der Waals surface area (Å²) in [5, 5.41) is 3.40. The molecule has 4 heteroatoms. The standard InChI is InChI=1S/C17H20ClNO2/c18-15-9-3-4-10-16(15)21-12-6-5-11-19-17(20)13-14-7-1-2-8-14/h3-4,9-10,14H,1-2,7-8,11-13H2,(H,19,20). The third-order valence-electron chi connectivity index (χ3n) is 3.58. The Bertz CT molecular complexity index is 527. The molecule has 3 nitrogen and oxygen atoms in total. The number of amides is 1. The third kappa shape index (κ3) is 5.69. The largest absolute Gasteiger partial charge is 0.479 e. The second kappa shape index (κ2) is 8.59. The van der Waals surface area contributed by atoms with Gasteiger partial charge in [-0.2, -0.15) is 0 Å². The zero-order valence-corrected chi connectivity index (χ0v) is 12.8. The fourth-order valence-corrected chi connectivity index (χ4v) is 2.67. The van der Waals surface area contributed by atoms with Crippen molar-refractivity contribution in [2.24, 2.45) is 5.92 Å². The monoisotopic (exact) mass is 305 g/mol. The molecule has 1 amide bonds. The van der Waals surface area contributed by atoms with Crippen molar-refractivity contribution in [3.8, 4) is 17.6 Å². The summed E-state index contributed by atoms with van der Waals surface area (Å²) in [6.45, 7) is 0.639. The van der Waals surface area contributed by atoms with Gasteiger partial charge in [-0.15, -0.1) is 0 Å². The summed E-state index contributed by atoms with van der Waals surface area (Å²) in [5.74, 6) is 7.04. The molecule has 1 aromatic rings. The van der Waals surface area contributed by atoms with Gasteiger partial charge < -0.3 is 10.1 Å². The van der Waals surface area contributed by atoms with Crippen molar-refractivity contribution >= 4 is 17.5 Å². The van der Waals surface area contributed by atoms with E-state index in [2.05, 4.69) is 17.2 Å². The summed E-state index contributed by atoms with van der Waals surface area (Å²) < 4.78 is 5.43. The van der Waals surface area contributed by atoms with E-state index >= 15 is 0 Å². The van der Waals surface area contributed by atoms with Gasteiger partial charge >= 0.3 is 0 Å². The van der Waals surface area contributed by atoms with Crippen molar-refractivity contribution in [1.82, 2.24) is 5.32 Å². The van der Waals surface area contributed by atoms with Gasteiger partial charge in [-0.05, 0) is 30.9 Å². The Balaban J connectivity index is 1.60. The molecule has 1 N–H and O–H groups in total. The average molecular weight is 306 g/mol. The molecule has 2 rings (SSSR count). The van der Waals surface area contributed by atoms with E-state index in [1.165, 1.54) is 25.7 Å². The number of rotatable bonds is 5. The van der Waals surface area contributed by atoms with Gasteiger partial charge in [0.25, 0.3) is 0 Å². The molecule has 21 heavy (non-hydrogen) atoms. The fourth-order valence-electron chi connectivity index (χ4n) is 2.48. The van der Waals surface area contributed by atoms with Crippen molar-refractivity contribution in [2.45, 2.75) is 32.1 Å². The van der Waals surface area contributed by atoms with Crippen LogP contribution >= 0.6 is 11.6 Å². The molecule has 1 fully saturated rings. The van der Waals surface area contributed by atoms with Crippen LogP contribution in [0.4, 0.5) is 0 Å². The van der Waals surface area contributed by atoms with Gasteiger partial charge in [0.1, 0.15) is 12.4 Å². The Hall–Kier alpha value is -1.66. The van der Waals surface area contributed by atoms with E-state index in [0.29, 0.717) is 29.7 Å². The van der Waals surface area contributed by atoms with Crippen LogP contribution in [0.5, 0.6) is 5.75 Å². The molecule has 0 heterocycles. The molecule has 0 unspecified atom stereocenters. The predicted octanol–water partition coefficient (Wildman–Crippen LogP) is 3.42. The summed E-state index contributed by atoms with van der Waals surface area (Å²) in [6.07, 6.45) is 5.53. The van der Waals surface area contributed by atoms with Gasteiger partial charge in [-0.3, -0.25) is 4.79 Å². The lowest BCUT2D eigenvalue weighted by atomic mass is 10.0. The van der Waals surface area contributed by atoms with Crippen LogP contribution in [-0.4, -0.2) is 19.1 Å². The highest BCUT2D eigenvalue weighted by Crippen LogP contribution is 2.27. The van der Waals surface area contributed by atoms with Crippen molar-refractivity contribution in [1.29, 1.82) is 0 Å². The maximum absolute atomic E-state index is 11.7. The molecule has 1 aromatic carbocycles. The normalized spacial score (nSPS) is 14.3. The zero-order chi connectivity index (χ0) is 14.9. The van der Waals surface area contributed by atoms with Crippen LogP contribution in [0.15, 0.2) is 24.3 Å². The lowest BCUT2D eigenvalue weighted by Gasteiger charge is -2.07. The van der Waals surface area contributed by atoms with Gasteiger partial charge in [0.05, 0.1) is 11.6 Å². The van der Waals surface area contributed by atoms with E-state index in [4.69, 9.17) is 16.3 Å². The van der Waals surface area contributed by atoms with Gasteiger partial charge in [0.15, 0.2) is 0 Å². The van der Waals surface area contributed by atoms with Crippen molar-refractivity contribution in [3.63, 3.8) is 0 Å². The molecule has 0 aromatic heterocycles. The summed E-state index contributed by atoms with van der Waals surface area (Å²) in [4.78, 5) is 11.7. The first-order valence-electron chi connectivity index (χ1n) is 7.35. The molecule has 0 spiro atoms. The molecule has 0 atom stereocenters. The first-order valence-corrected chi connectivity index (χ1v) is 7.73. The topological polar surface area (TPSA) is 38.3 Å². The van der Waals surface area contributed by atoms with Crippen molar-refractivity contribution in [2.75, 3.05) is 13.2 Å². The first-order chi connectivity index (χ1) is 10.3. The number of hydrogen-bond acceptors (Lipinski definition) is 2. The Morgan fingerprint density at radius 2 is 2.05 bits per heavy atom. The van der Waals surface area contributed by atoms with E-state index in [1.807, 2.05) is 12.1 Å². The number of benzene rings is 1. The average Bonchev–Trinajstić information content (AvgIpc) is 2.97. The maximum Gasteiger partial charge on any atom is 0.221 e. The minimum Gasteiger partial charge on any atom is -0.479 e. The van der Waals surface area contributed by atoms with Crippen molar-refractivity contribution < 1.29 is 9.53 Å². The second-order valence-corrected chi connectivity index (χ2v) is 5.61. The van der Waals surface area contributed by atoms with Crippen LogP contribution in [-0.2, 0) is 4.79 Å². The van der Waals surface area contributed by atoms with Crippen LogP contribution in [0, 0.1) is 17.8 Å². The summed E-state index contributed by atoms with van der Waals surface area (Å²) in [5.41, 5.74) is 0. The van der Waals surface area contributed by atoms with E-state index in [9.17, 15) is 4.79 Å². The molecule has 1 saturated carbocycles. The van der Waals surface area contributed by atoms with Crippen LogP contribution < -0.4 is 10.1 Å². The number of carbonyl (C=O) groups is 1. The van der Waals surface area contributed by atoms with Gasteiger partial charge in [-0.25, -0.2) is 0 Å². The molecule has 1 aliphatic carbocycles. The molecular weight excluding hydrogens is 286 g/mol. The molecule has 0 bridgehead atoms. The van der Waals surface area contributed by atoms with E-state index < -0.39 is 0 Å². The Morgan fingerprint density at radius 3 is 2.81 bits per heavy atom. The Morgan fingerprint density at radius 1 is 1.29 bits per heavy atom. The number of halogens is 1. The Labute approximate surface area is 131 Å². The highest BCUT2D eigenvalue weighted by molar-refractivity contribution is 6.32. The number of ether oxygens (including phenoxy) is 1. The molecule has 0 saturated heterocycles. The first kappa shape index (κ1) is 15.7. The highest BCUT2D eigenvalue weighted by atomic mass is 35.5. The molecule has 1 aliphatic rings. The maximum atomic E-state index is 11.7. The summed E-state index contributed by atoms with van der Waals surface area (Å²) in [6, 6.07) is 7.28. The number of hydrogen-bond donors (Lipinski definition) is 1. The summed E-state index contributed by atoms with van der Waals surface area (Å²) in [7, 11) is 0. The molecule has 0 radical (unpaired) electrons. The smallest absolute Gasteiger partial charge is 0.221 e. The fraction of sp³-hybridized carbons (Fsp3) is 0.471. The zero-order valence-electron chi connectivity index (χ0n) is 12.0. The van der Waals surface area contributed by atoms with Crippen LogP contribution in [0.2, 0.25) is 5.02 Å². The quantitative estimate of drug-likeness (QED) is 0.847. The van der Waals surface area contributed by atoms with Crippen LogP contribution in [0.25, 0.3) is 0 Å². The minimum atomic E-state index is 0.100. The Kier molecular flexibility index (Phi) is 6.43. The predicted molar refractivity (Wildman–Crippen MR) is 84.3 cm³/mol. The number of carbonyl (C=O) groups excluding carboxylic acids is 1. The minimum absolute atomic E-state index is 0.100. The third-order valence-corrected chi connectivity index (χ3v) is 3.90. The lowest BCUT2D eigenvalue weighted by molar-refractivity contribution is -0.121. The molecule has 0 aliphatic heterocycles. The van der Waals surface area contributed by atoms with Gasteiger partial charge in [-0.1, -0.05) is 48.4 Å². The van der Waals surface area contributed by atoms with Gasteiger partial charge in [0.2, 0.25) is 5.91 Å². The van der Waals surface area contributed by atoms with Gasteiger partial charge in [0, 0.05) is 6.42 Å². The molecular formula is C17H20ClNO2. The second-order valence-electron chi connectivity index (χ2n) is 5.20. The lowest BCUT2D eigenvalue weighted by Crippen LogP contribution is -2.25. The van der Waals surface area contributed by atoms with Crippen LogP contribution in [0.3, 0.4) is 0 Å². The molecule has 112 valence electrons. The summed E-state index contributed by atoms with van der Waals surface area (Å²) >= 11 is 5.96. The van der Waals surface area contributed by atoms with Crippen molar-refractivity contribution in [3.05, 3.63) is 29.3 Å². The van der Waals surface area contributed by atoms with E-state index in [0.717, 1.165) is 0 Å². The highest BCUT2D eigenvalue weighted by Gasteiger charge is 2.17. The SMILES string of the molecule is O=C(CC1CCCC1)NCC#CCOc1ccccc1Cl. The number of para-hydroxylation sites is 1. The van der Waals surface area contributed by atoms with E-state index in [-0.39, 0.29) is 12.5 Å². The number of nitrogens with one attached hydrogen (secondary N) is 1. The van der Waals surface area contributed by atoms with Crippen LogP contribution in [0.1, 0.15) is 32.1 Å².